The third-order valence-corrected chi connectivity index (χ3v) is 3.06. The van der Waals surface area contributed by atoms with Crippen LogP contribution in [-0.4, -0.2) is 36.2 Å². The fraction of sp³-hybridized carbons (Fsp3) is 0.867. The molecule has 0 amide bonds. The van der Waals surface area contributed by atoms with Gasteiger partial charge < -0.3 is 21.5 Å². The number of nitrogens with zero attached hydrogens (tertiary/aromatic N) is 1. The van der Waals surface area contributed by atoms with Crippen molar-refractivity contribution in [3.05, 3.63) is 0 Å². The molecule has 0 bridgehead atoms. The summed E-state index contributed by atoms with van der Waals surface area (Å²) in [6.07, 6.45) is 3.34. The Bertz CT molecular complexity index is 329. The van der Waals surface area contributed by atoms with Gasteiger partial charge in [-0.3, -0.25) is 9.79 Å². The molecule has 124 valence electrons. The van der Waals surface area contributed by atoms with E-state index >= 15 is 0 Å². The number of carbonyl (C=O) groups is 1. The first-order valence-corrected chi connectivity index (χ1v) is 7.73. The van der Waals surface area contributed by atoms with Crippen LogP contribution < -0.4 is 16.8 Å². The Morgan fingerprint density at radius 1 is 1.24 bits per heavy atom. The molecule has 6 heteroatoms. The molecule has 1 atom stereocenters. The maximum Gasteiger partial charge on any atom is 0.323 e. The Morgan fingerprint density at radius 2 is 1.81 bits per heavy atom. The maximum atomic E-state index is 12.3. The zero-order valence-electron chi connectivity index (χ0n) is 14.1. The highest BCUT2D eigenvalue weighted by Crippen LogP contribution is 2.12. The first kappa shape index (κ1) is 19.7. The van der Waals surface area contributed by atoms with Crippen LogP contribution in [0.5, 0.6) is 0 Å². The predicted octanol–water partition coefficient (Wildman–Crippen LogP) is 1.53. The Kier molecular flexibility index (Phi) is 9.01. The zero-order valence-corrected chi connectivity index (χ0v) is 14.1. The van der Waals surface area contributed by atoms with E-state index in [1.807, 2.05) is 20.8 Å². The SMILES string of the molecule is CCC(CC)N[C@@H](CCCN=C(N)N)C(=O)OC(C)(C)C. The lowest BCUT2D eigenvalue weighted by Crippen LogP contribution is -2.45. The summed E-state index contributed by atoms with van der Waals surface area (Å²) in [7, 11) is 0. The summed E-state index contributed by atoms with van der Waals surface area (Å²) in [5, 5.41) is 3.38. The Balaban J connectivity index is 4.60. The first-order chi connectivity index (χ1) is 9.69. The third-order valence-electron chi connectivity index (χ3n) is 3.06. The van der Waals surface area contributed by atoms with Gasteiger partial charge in [0, 0.05) is 12.6 Å². The lowest BCUT2D eigenvalue weighted by atomic mass is 10.1. The van der Waals surface area contributed by atoms with Crippen molar-refractivity contribution >= 4 is 11.9 Å². The second-order valence-electron chi connectivity index (χ2n) is 6.21. The molecule has 0 rings (SSSR count). The molecule has 0 aliphatic carbocycles. The third kappa shape index (κ3) is 10.1. The van der Waals surface area contributed by atoms with Crippen molar-refractivity contribution in [3.63, 3.8) is 0 Å². The predicted molar refractivity (Wildman–Crippen MR) is 87.0 cm³/mol. The van der Waals surface area contributed by atoms with Crippen molar-refractivity contribution in [1.82, 2.24) is 5.32 Å². The van der Waals surface area contributed by atoms with E-state index in [4.69, 9.17) is 16.2 Å². The van der Waals surface area contributed by atoms with Gasteiger partial charge in [-0.1, -0.05) is 13.8 Å². The van der Waals surface area contributed by atoms with Gasteiger partial charge in [-0.15, -0.1) is 0 Å². The molecule has 0 aromatic heterocycles. The molecular weight excluding hydrogens is 268 g/mol. The van der Waals surface area contributed by atoms with Gasteiger partial charge >= 0.3 is 5.97 Å². The van der Waals surface area contributed by atoms with Crippen molar-refractivity contribution in [2.75, 3.05) is 6.54 Å². The largest absolute Gasteiger partial charge is 0.459 e. The smallest absolute Gasteiger partial charge is 0.323 e. The van der Waals surface area contributed by atoms with E-state index in [2.05, 4.69) is 24.2 Å². The molecule has 21 heavy (non-hydrogen) atoms. The lowest BCUT2D eigenvalue weighted by Gasteiger charge is -2.27. The summed E-state index contributed by atoms with van der Waals surface area (Å²) in [6, 6.07) is -0.00563. The van der Waals surface area contributed by atoms with Crippen LogP contribution >= 0.6 is 0 Å². The quantitative estimate of drug-likeness (QED) is 0.259. The van der Waals surface area contributed by atoms with Crippen molar-refractivity contribution in [2.24, 2.45) is 16.5 Å². The average molecular weight is 300 g/mol. The number of aliphatic imine (C=N–C) groups is 1. The van der Waals surface area contributed by atoms with E-state index in [9.17, 15) is 4.79 Å². The molecule has 0 aliphatic heterocycles. The molecule has 0 radical (unpaired) electrons. The number of rotatable bonds is 9. The van der Waals surface area contributed by atoms with Crippen LogP contribution in [-0.2, 0) is 9.53 Å². The van der Waals surface area contributed by atoms with Crippen molar-refractivity contribution in [1.29, 1.82) is 0 Å². The number of carbonyl (C=O) groups excluding carboxylic acids is 1. The molecule has 0 spiro atoms. The Hall–Kier alpha value is -1.30. The molecular formula is C15H32N4O2. The fourth-order valence-electron chi connectivity index (χ4n) is 1.95. The highest BCUT2D eigenvalue weighted by molar-refractivity contribution is 5.76. The number of guanidine groups is 1. The van der Waals surface area contributed by atoms with Gasteiger partial charge in [0.05, 0.1) is 0 Å². The summed E-state index contributed by atoms with van der Waals surface area (Å²) in [5.74, 6) is -0.129. The van der Waals surface area contributed by atoms with Gasteiger partial charge in [0.1, 0.15) is 11.6 Å². The van der Waals surface area contributed by atoms with E-state index < -0.39 is 5.60 Å². The van der Waals surface area contributed by atoms with Crippen molar-refractivity contribution < 1.29 is 9.53 Å². The van der Waals surface area contributed by atoms with Crippen LogP contribution in [0.1, 0.15) is 60.3 Å². The van der Waals surface area contributed by atoms with E-state index in [1.165, 1.54) is 0 Å². The topological polar surface area (TPSA) is 103 Å². The van der Waals surface area contributed by atoms with E-state index in [1.54, 1.807) is 0 Å². The summed E-state index contributed by atoms with van der Waals surface area (Å²) >= 11 is 0. The van der Waals surface area contributed by atoms with Crippen LogP contribution in [0.25, 0.3) is 0 Å². The number of hydrogen-bond acceptors (Lipinski definition) is 4. The van der Waals surface area contributed by atoms with Gasteiger partial charge in [0.2, 0.25) is 0 Å². The van der Waals surface area contributed by atoms with Gasteiger partial charge in [-0.25, -0.2) is 0 Å². The Labute approximate surface area is 128 Å². The second-order valence-corrected chi connectivity index (χ2v) is 6.21. The van der Waals surface area contributed by atoms with Crippen LogP contribution in [0, 0.1) is 0 Å². The molecule has 0 heterocycles. The average Bonchev–Trinajstić information content (AvgIpc) is 2.35. The van der Waals surface area contributed by atoms with Crippen LogP contribution in [0.4, 0.5) is 0 Å². The summed E-state index contributed by atoms with van der Waals surface area (Å²) in [6.45, 7) is 10.3. The van der Waals surface area contributed by atoms with Crippen LogP contribution in [0.3, 0.4) is 0 Å². The number of esters is 1. The van der Waals surface area contributed by atoms with E-state index in [0.717, 1.165) is 19.3 Å². The maximum absolute atomic E-state index is 12.3. The van der Waals surface area contributed by atoms with Gasteiger partial charge in [0.15, 0.2) is 5.96 Å². The van der Waals surface area contributed by atoms with Gasteiger partial charge in [-0.2, -0.15) is 0 Å². The molecule has 0 aliphatic rings. The minimum Gasteiger partial charge on any atom is -0.459 e. The van der Waals surface area contributed by atoms with E-state index in [0.29, 0.717) is 19.0 Å². The standard InChI is InChI=1S/C15H32N4O2/c1-6-11(7-2)19-12(9-8-10-18-14(16)17)13(20)21-15(3,4)5/h11-12,19H,6-10H2,1-5H3,(H4,16,17,18)/t12-/m0/s1. The fourth-order valence-corrected chi connectivity index (χ4v) is 1.95. The first-order valence-electron chi connectivity index (χ1n) is 7.73. The molecule has 6 nitrogen and oxygen atoms in total. The summed E-state index contributed by atoms with van der Waals surface area (Å²) in [4.78, 5) is 16.2. The summed E-state index contributed by atoms with van der Waals surface area (Å²) in [5.41, 5.74) is 10.1. The lowest BCUT2D eigenvalue weighted by molar-refractivity contribution is -0.158. The zero-order chi connectivity index (χ0) is 16.5. The molecule has 0 aromatic carbocycles. The molecule has 0 aromatic rings. The number of nitrogens with two attached hydrogens (primary N) is 2. The molecule has 0 saturated heterocycles. The number of ether oxygens (including phenoxy) is 1. The highest BCUT2D eigenvalue weighted by atomic mass is 16.6. The number of nitrogens with one attached hydrogen (secondary N) is 1. The minimum atomic E-state index is -0.481. The molecule has 0 unspecified atom stereocenters. The van der Waals surface area contributed by atoms with Crippen molar-refractivity contribution in [2.45, 2.75) is 78.0 Å². The van der Waals surface area contributed by atoms with E-state index in [-0.39, 0.29) is 18.0 Å². The molecule has 0 fully saturated rings. The van der Waals surface area contributed by atoms with Gasteiger partial charge in [-0.05, 0) is 46.5 Å². The van der Waals surface area contributed by atoms with Crippen molar-refractivity contribution in [3.8, 4) is 0 Å². The summed E-state index contributed by atoms with van der Waals surface area (Å²) < 4.78 is 5.48. The normalized spacial score (nSPS) is 13.0. The van der Waals surface area contributed by atoms with Crippen LogP contribution in [0.2, 0.25) is 0 Å². The number of hydrogen-bond donors (Lipinski definition) is 3. The van der Waals surface area contributed by atoms with Crippen LogP contribution in [0.15, 0.2) is 4.99 Å². The monoisotopic (exact) mass is 300 g/mol. The molecule has 0 saturated carbocycles. The second kappa shape index (κ2) is 9.60. The highest BCUT2D eigenvalue weighted by Gasteiger charge is 2.26. The molecule has 5 N–H and O–H groups in total. The van der Waals surface area contributed by atoms with Gasteiger partial charge in [0.25, 0.3) is 0 Å². The Morgan fingerprint density at radius 3 is 2.24 bits per heavy atom. The minimum absolute atomic E-state index is 0.0803.